The molecule has 1 saturated heterocycles. The third kappa shape index (κ3) is 3.80. The largest absolute Gasteiger partial charge is 0.493 e. The molecule has 1 aliphatic rings. The molecule has 1 heterocycles. The predicted octanol–water partition coefficient (Wildman–Crippen LogP) is 1.74. The van der Waals surface area contributed by atoms with E-state index in [-0.39, 0.29) is 11.9 Å². The van der Waals surface area contributed by atoms with Crippen LogP contribution in [0.15, 0.2) is 18.2 Å². The van der Waals surface area contributed by atoms with Crippen molar-refractivity contribution in [3.05, 3.63) is 18.2 Å². The first-order chi connectivity index (χ1) is 9.74. The highest BCUT2D eigenvalue weighted by Gasteiger charge is 2.21. The first kappa shape index (κ1) is 15.0. The Morgan fingerprint density at radius 1 is 1.50 bits per heavy atom. The number of benzene rings is 1. The van der Waals surface area contributed by atoms with Gasteiger partial charge in [0.25, 0.3) is 0 Å². The van der Waals surface area contributed by atoms with Gasteiger partial charge >= 0.3 is 0 Å². The number of carbonyl (C=O) groups excluding carboxylic acids is 1. The summed E-state index contributed by atoms with van der Waals surface area (Å²) in [5.41, 5.74) is 0.719. The Balaban J connectivity index is 2.04. The lowest BCUT2D eigenvalue weighted by Crippen LogP contribution is -2.46. The van der Waals surface area contributed by atoms with E-state index in [4.69, 9.17) is 9.47 Å². The van der Waals surface area contributed by atoms with Crippen LogP contribution < -0.4 is 20.1 Å². The summed E-state index contributed by atoms with van der Waals surface area (Å²) in [6, 6.07) is 5.26. The van der Waals surface area contributed by atoms with Crippen molar-refractivity contribution >= 4 is 23.4 Å². The molecule has 110 valence electrons. The van der Waals surface area contributed by atoms with Gasteiger partial charge in [0.2, 0.25) is 5.91 Å². The highest BCUT2D eigenvalue weighted by Crippen LogP contribution is 2.30. The molecule has 1 unspecified atom stereocenters. The number of methoxy groups -OCH3 is 1. The number of ether oxygens (including phenoxy) is 2. The number of hydrogen-bond acceptors (Lipinski definition) is 5. The van der Waals surface area contributed by atoms with Crippen LogP contribution in [0.4, 0.5) is 5.69 Å². The van der Waals surface area contributed by atoms with E-state index in [9.17, 15) is 4.79 Å². The number of carbonyl (C=O) groups is 1. The van der Waals surface area contributed by atoms with Crippen LogP contribution in [-0.2, 0) is 4.79 Å². The van der Waals surface area contributed by atoms with E-state index in [0.29, 0.717) is 18.1 Å². The second kappa shape index (κ2) is 7.40. The molecule has 1 aromatic rings. The zero-order chi connectivity index (χ0) is 14.4. The van der Waals surface area contributed by atoms with Crippen molar-refractivity contribution in [3.8, 4) is 11.5 Å². The van der Waals surface area contributed by atoms with E-state index in [1.807, 2.05) is 13.0 Å². The number of anilines is 1. The molecule has 1 aromatic carbocycles. The average Bonchev–Trinajstić information content (AvgIpc) is 2.49. The minimum Gasteiger partial charge on any atom is -0.493 e. The maximum absolute atomic E-state index is 12.1. The molecular formula is C14H20N2O3S. The van der Waals surface area contributed by atoms with Crippen LogP contribution in [0.3, 0.4) is 0 Å². The van der Waals surface area contributed by atoms with Crippen LogP contribution in [0, 0.1) is 0 Å². The number of thioether (sulfide) groups is 1. The topological polar surface area (TPSA) is 59.6 Å². The summed E-state index contributed by atoms with van der Waals surface area (Å²) in [6.45, 7) is 3.33. The van der Waals surface area contributed by atoms with Crippen molar-refractivity contribution in [1.82, 2.24) is 5.32 Å². The van der Waals surface area contributed by atoms with Crippen LogP contribution in [0.2, 0.25) is 0 Å². The Bertz CT molecular complexity index is 462. The smallest absolute Gasteiger partial charge is 0.242 e. The van der Waals surface area contributed by atoms with E-state index in [1.165, 1.54) is 0 Å². The molecule has 0 aliphatic carbocycles. The van der Waals surface area contributed by atoms with Crippen molar-refractivity contribution in [2.75, 3.05) is 37.1 Å². The van der Waals surface area contributed by atoms with Gasteiger partial charge in [0.05, 0.1) is 19.8 Å². The second-order valence-electron chi connectivity index (χ2n) is 4.37. The van der Waals surface area contributed by atoms with Gasteiger partial charge in [-0.15, -0.1) is 0 Å². The van der Waals surface area contributed by atoms with Crippen LogP contribution in [0.5, 0.6) is 11.5 Å². The molecule has 0 radical (unpaired) electrons. The minimum atomic E-state index is -0.133. The average molecular weight is 296 g/mol. The van der Waals surface area contributed by atoms with Crippen LogP contribution in [0.1, 0.15) is 6.92 Å². The lowest BCUT2D eigenvalue weighted by molar-refractivity contribution is -0.117. The molecular weight excluding hydrogens is 276 g/mol. The molecule has 0 aromatic heterocycles. The quantitative estimate of drug-likeness (QED) is 0.866. The van der Waals surface area contributed by atoms with Crippen LogP contribution >= 0.6 is 11.8 Å². The zero-order valence-electron chi connectivity index (χ0n) is 11.8. The molecule has 2 rings (SSSR count). The maximum Gasteiger partial charge on any atom is 0.242 e. The van der Waals surface area contributed by atoms with Crippen molar-refractivity contribution in [2.45, 2.75) is 13.0 Å². The van der Waals surface area contributed by atoms with Crippen molar-refractivity contribution in [3.63, 3.8) is 0 Å². The van der Waals surface area contributed by atoms with Gasteiger partial charge in [-0.25, -0.2) is 0 Å². The Morgan fingerprint density at radius 3 is 3.00 bits per heavy atom. The Kier molecular flexibility index (Phi) is 5.55. The SMILES string of the molecule is CCOc1cc(NC(=O)C2CSCCN2)ccc1OC. The normalized spacial score (nSPS) is 18.4. The van der Waals surface area contributed by atoms with E-state index >= 15 is 0 Å². The zero-order valence-corrected chi connectivity index (χ0v) is 12.6. The van der Waals surface area contributed by atoms with Crippen LogP contribution in [0.25, 0.3) is 0 Å². The Morgan fingerprint density at radius 2 is 2.35 bits per heavy atom. The van der Waals surface area contributed by atoms with E-state index in [2.05, 4.69) is 10.6 Å². The summed E-state index contributed by atoms with van der Waals surface area (Å²) in [5.74, 6) is 3.15. The van der Waals surface area contributed by atoms with Crippen LogP contribution in [-0.4, -0.2) is 43.7 Å². The summed E-state index contributed by atoms with van der Waals surface area (Å²) in [7, 11) is 1.60. The van der Waals surface area contributed by atoms with Crippen molar-refractivity contribution in [1.29, 1.82) is 0 Å². The Labute approximate surface area is 123 Å². The van der Waals surface area contributed by atoms with Gasteiger partial charge in [0, 0.05) is 29.8 Å². The summed E-state index contributed by atoms with van der Waals surface area (Å²) >= 11 is 1.79. The fraction of sp³-hybridized carbons (Fsp3) is 0.500. The van der Waals surface area contributed by atoms with Gasteiger partial charge in [-0.1, -0.05) is 0 Å². The molecule has 1 fully saturated rings. The Hall–Kier alpha value is -1.40. The van der Waals surface area contributed by atoms with E-state index in [0.717, 1.165) is 23.7 Å². The number of hydrogen-bond donors (Lipinski definition) is 2. The van der Waals surface area contributed by atoms with Crippen molar-refractivity contribution in [2.24, 2.45) is 0 Å². The van der Waals surface area contributed by atoms with Gasteiger partial charge in [-0.05, 0) is 19.1 Å². The first-order valence-electron chi connectivity index (χ1n) is 6.67. The minimum absolute atomic E-state index is 0.00943. The van der Waals surface area contributed by atoms with E-state index in [1.54, 1.807) is 31.0 Å². The molecule has 1 amide bonds. The summed E-state index contributed by atoms with van der Waals surface area (Å²) in [4.78, 5) is 12.1. The van der Waals surface area contributed by atoms with Gasteiger partial charge in [0.15, 0.2) is 11.5 Å². The monoisotopic (exact) mass is 296 g/mol. The second-order valence-corrected chi connectivity index (χ2v) is 5.52. The number of nitrogens with one attached hydrogen (secondary N) is 2. The van der Waals surface area contributed by atoms with Crippen molar-refractivity contribution < 1.29 is 14.3 Å². The highest BCUT2D eigenvalue weighted by molar-refractivity contribution is 7.99. The lowest BCUT2D eigenvalue weighted by atomic mass is 10.2. The molecule has 20 heavy (non-hydrogen) atoms. The predicted molar refractivity (Wildman–Crippen MR) is 81.9 cm³/mol. The molecule has 0 spiro atoms. The molecule has 0 saturated carbocycles. The standard InChI is InChI=1S/C14H20N2O3S/c1-3-19-13-8-10(4-5-12(13)18-2)16-14(17)11-9-20-7-6-15-11/h4-5,8,11,15H,3,6-7,9H2,1-2H3,(H,16,17). The summed E-state index contributed by atoms with van der Waals surface area (Å²) < 4.78 is 10.7. The summed E-state index contributed by atoms with van der Waals surface area (Å²) in [5, 5.41) is 6.12. The molecule has 5 nitrogen and oxygen atoms in total. The highest BCUT2D eigenvalue weighted by atomic mass is 32.2. The molecule has 2 N–H and O–H groups in total. The van der Waals surface area contributed by atoms with Gasteiger partial charge in [-0.3, -0.25) is 4.79 Å². The lowest BCUT2D eigenvalue weighted by Gasteiger charge is -2.22. The third-order valence-corrected chi connectivity index (χ3v) is 4.03. The fourth-order valence-electron chi connectivity index (χ4n) is 1.99. The van der Waals surface area contributed by atoms with Gasteiger partial charge < -0.3 is 20.1 Å². The molecule has 1 aliphatic heterocycles. The van der Waals surface area contributed by atoms with Gasteiger partial charge in [0.1, 0.15) is 0 Å². The summed E-state index contributed by atoms with van der Waals surface area (Å²) in [6.07, 6.45) is 0. The third-order valence-electron chi connectivity index (χ3n) is 2.97. The van der Waals surface area contributed by atoms with E-state index < -0.39 is 0 Å². The fourth-order valence-corrected chi connectivity index (χ4v) is 2.92. The van der Waals surface area contributed by atoms with Gasteiger partial charge in [-0.2, -0.15) is 11.8 Å². The first-order valence-corrected chi connectivity index (χ1v) is 7.83. The number of amides is 1. The maximum atomic E-state index is 12.1. The number of rotatable bonds is 5. The molecule has 6 heteroatoms. The molecule has 0 bridgehead atoms. The molecule has 1 atom stereocenters.